The summed E-state index contributed by atoms with van der Waals surface area (Å²) in [6.45, 7) is 4.53. The molecular weight excluding hydrogens is 238 g/mol. The Morgan fingerprint density at radius 2 is 2.00 bits per heavy atom. The molecule has 4 heteroatoms. The lowest BCUT2D eigenvalue weighted by Gasteiger charge is -2.05. The molecule has 1 amide bonds. The molecule has 0 aliphatic rings. The van der Waals surface area contributed by atoms with Crippen molar-refractivity contribution in [1.29, 1.82) is 0 Å². The van der Waals surface area contributed by atoms with Crippen LogP contribution in [0.2, 0.25) is 0 Å². The number of aromatic nitrogens is 2. The first-order chi connectivity index (χ1) is 9.16. The summed E-state index contributed by atoms with van der Waals surface area (Å²) in [4.78, 5) is 11.8. The summed E-state index contributed by atoms with van der Waals surface area (Å²) in [5, 5.41) is 10.00. The Labute approximate surface area is 113 Å². The minimum Gasteiger partial charge on any atom is -0.352 e. The summed E-state index contributed by atoms with van der Waals surface area (Å²) >= 11 is 0. The van der Waals surface area contributed by atoms with Gasteiger partial charge in [-0.1, -0.05) is 30.3 Å². The normalized spacial score (nSPS) is 10.4. The SMILES string of the molecule is Cc1n[nH]c(C)c1CCC(=O)NCc1ccccc1. The number of amides is 1. The van der Waals surface area contributed by atoms with E-state index in [4.69, 9.17) is 0 Å². The first kappa shape index (κ1) is 13.3. The van der Waals surface area contributed by atoms with E-state index in [2.05, 4.69) is 15.5 Å². The fraction of sp³-hybridized carbons (Fsp3) is 0.333. The quantitative estimate of drug-likeness (QED) is 0.863. The second-order valence-electron chi connectivity index (χ2n) is 4.67. The van der Waals surface area contributed by atoms with Gasteiger partial charge in [0.1, 0.15) is 0 Å². The number of nitrogens with one attached hydrogen (secondary N) is 2. The van der Waals surface area contributed by atoms with Crippen LogP contribution in [0.15, 0.2) is 30.3 Å². The summed E-state index contributed by atoms with van der Waals surface area (Å²) in [6, 6.07) is 9.92. The average Bonchev–Trinajstić information content (AvgIpc) is 2.75. The fourth-order valence-corrected chi connectivity index (χ4v) is 2.07. The molecule has 0 radical (unpaired) electrons. The van der Waals surface area contributed by atoms with Gasteiger partial charge >= 0.3 is 0 Å². The van der Waals surface area contributed by atoms with E-state index in [1.54, 1.807) is 0 Å². The molecule has 4 nitrogen and oxygen atoms in total. The molecule has 2 aromatic rings. The van der Waals surface area contributed by atoms with Crippen LogP contribution >= 0.6 is 0 Å². The molecule has 1 aromatic heterocycles. The minimum absolute atomic E-state index is 0.0730. The smallest absolute Gasteiger partial charge is 0.220 e. The maximum Gasteiger partial charge on any atom is 0.220 e. The predicted octanol–water partition coefficient (Wildman–Crippen LogP) is 2.28. The zero-order valence-electron chi connectivity index (χ0n) is 11.4. The second kappa shape index (κ2) is 6.18. The third-order valence-corrected chi connectivity index (χ3v) is 3.22. The summed E-state index contributed by atoms with van der Waals surface area (Å²) in [6.07, 6.45) is 1.23. The number of hydrogen-bond acceptors (Lipinski definition) is 2. The van der Waals surface area contributed by atoms with Gasteiger partial charge in [0.25, 0.3) is 0 Å². The minimum atomic E-state index is 0.0730. The number of nitrogens with zero attached hydrogens (tertiary/aromatic N) is 1. The van der Waals surface area contributed by atoms with Crippen molar-refractivity contribution in [2.75, 3.05) is 0 Å². The maximum atomic E-state index is 11.8. The van der Waals surface area contributed by atoms with Crippen molar-refractivity contribution in [3.05, 3.63) is 52.8 Å². The summed E-state index contributed by atoms with van der Waals surface area (Å²) in [7, 11) is 0. The molecule has 0 atom stereocenters. The van der Waals surface area contributed by atoms with Gasteiger partial charge in [-0.2, -0.15) is 5.10 Å². The van der Waals surface area contributed by atoms with Crippen LogP contribution in [-0.2, 0) is 17.8 Å². The number of carbonyl (C=O) groups excluding carboxylic acids is 1. The molecule has 19 heavy (non-hydrogen) atoms. The Morgan fingerprint density at radius 3 is 2.63 bits per heavy atom. The van der Waals surface area contributed by atoms with E-state index < -0.39 is 0 Å². The highest BCUT2D eigenvalue weighted by molar-refractivity contribution is 5.76. The van der Waals surface area contributed by atoms with Gasteiger partial charge in [-0.3, -0.25) is 9.89 Å². The number of aromatic amines is 1. The van der Waals surface area contributed by atoms with Crippen molar-refractivity contribution < 1.29 is 4.79 Å². The average molecular weight is 257 g/mol. The molecule has 0 aliphatic heterocycles. The maximum absolute atomic E-state index is 11.8. The van der Waals surface area contributed by atoms with Crippen LogP contribution < -0.4 is 5.32 Å². The highest BCUT2D eigenvalue weighted by atomic mass is 16.1. The number of aryl methyl sites for hydroxylation is 2. The highest BCUT2D eigenvalue weighted by Gasteiger charge is 2.08. The number of rotatable bonds is 5. The van der Waals surface area contributed by atoms with Crippen molar-refractivity contribution in [2.24, 2.45) is 0 Å². The van der Waals surface area contributed by atoms with Crippen molar-refractivity contribution >= 4 is 5.91 Å². The lowest BCUT2D eigenvalue weighted by molar-refractivity contribution is -0.121. The Morgan fingerprint density at radius 1 is 1.26 bits per heavy atom. The van der Waals surface area contributed by atoms with Crippen LogP contribution in [0.4, 0.5) is 0 Å². The molecule has 1 heterocycles. The molecule has 2 rings (SSSR count). The molecule has 0 bridgehead atoms. The standard InChI is InChI=1S/C15H19N3O/c1-11-14(12(2)18-17-11)8-9-15(19)16-10-13-6-4-3-5-7-13/h3-7H,8-10H2,1-2H3,(H,16,19)(H,17,18). The molecule has 0 saturated heterocycles. The molecular formula is C15H19N3O. The van der Waals surface area contributed by atoms with Crippen LogP contribution in [0.3, 0.4) is 0 Å². The van der Waals surface area contributed by atoms with E-state index >= 15 is 0 Å². The van der Waals surface area contributed by atoms with E-state index in [9.17, 15) is 4.79 Å². The zero-order chi connectivity index (χ0) is 13.7. The van der Waals surface area contributed by atoms with Gasteiger partial charge in [0.15, 0.2) is 0 Å². The Kier molecular flexibility index (Phi) is 4.34. The molecule has 0 fully saturated rings. The first-order valence-electron chi connectivity index (χ1n) is 6.48. The van der Waals surface area contributed by atoms with Gasteiger partial charge in [-0.25, -0.2) is 0 Å². The van der Waals surface area contributed by atoms with Gasteiger partial charge in [-0.05, 0) is 31.4 Å². The third-order valence-electron chi connectivity index (χ3n) is 3.22. The lowest BCUT2D eigenvalue weighted by atomic mass is 10.1. The van der Waals surface area contributed by atoms with Crippen molar-refractivity contribution in [2.45, 2.75) is 33.2 Å². The highest BCUT2D eigenvalue weighted by Crippen LogP contribution is 2.11. The Balaban J connectivity index is 1.79. The van der Waals surface area contributed by atoms with Crippen molar-refractivity contribution in [3.63, 3.8) is 0 Å². The second-order valence-corrected chi connectivity index (χ2v) is 4.67. The summed E-state index contributed by atoms with van der Waals surface area (Å²) in [5.41, 5.74) is 4.29. The lowest BCUT2D eigenvalue weighted by Crippen LogP contribution is -2.23. The van der Waals surface area contributed by atoms with E-state index in [0.29, 0.717) is 13.0 Å². The van der Waals surface area contributed by atoms with Gasteiger partial charge in [0.2, 0.25) is 5.91 Å². The number of carbonyl (C=O) groups is 1. The van der Waals surface area contributed by atoms with Crippen molar-refractivity contribution in [3.8, 4) is 0 Å². The molecule has 0 spiro atoms. The van der Waals surface area contributed by atoms with Crippen LogP contribution in [-0.4, -0.2) is 16.1 Å². The van der Waals surface area contributed by atoms with E-state index in [1.165, 1.54) is 0 Å². The Hall–Kier alpha value is -2.10. The Bertz CT molecular complexity index is 526. The fourth-order valence-electron chi connectivity index (χ4n) is 2.07. The molecule has 0 unspecified atom stereocenters. The van der Waals surface area contributed by atoms with E-state index in [1.807, 2.05) is 44.2 Å². The third kappa shape index (κ3) is 3.68. The zero-order valence-corrected chi connectivity index (χ0v) is 11.4. The monoisotopic (exact) mass is 257 g/mol. The van der Waals surface area contributed by atoms with Crippen molar-refractivity contribution in [1.82, 2.24) is 15.5 Å². The summed E-state index contributed by atoms with van der Waals surface area (Å²) in [5.74, 6) is 0.0730. The molecule has 0 saturated carbocycles. The van der Waals surface area contributed by atoms with Crippen LogP contribution in [0.1, 0.15) is 28.9 Å². The number of benzene rings is 1. The van der Waals surface area contributed by atoms with Gasteiger partial charge in [-0.15, -0.1) is 0 Å². The van der Waals surface area contributed by atoms with Gasteiger partial charge in [0.05, 0.1) is 5.69 Å². The predicted molar refractivity (Wildman–Crippen MR) is 74.7 cm³/mol. The first-order valence-corrected chi connectivity index (χ1v) is 6.48. The molecule has 2 N–H and O–H groups in total. The van der Waals surface area contributed by atoms with E-state index in [0.717, 1.165) is 28.9 Å². The van der Waals surface area contributed by atoms with Crippen LogP contribution in [0, 0.1) is 13.8 Å². The van der Waals surface area contributed by atoms with Crippen LogP contribution in [0.5, 0.6) is 0 Å². The molecule has 1 aromatic carbocycles. The topological polar surface area (TPSA) is 57.8 Å². The molecule has 100 valence electrons. The van der Waals surface area contributed by atoms with Gasteiger partial charge < -0.3 is 5.32 Å². The largest absolute Gasteiger partial charge is 0.352 e. The van der Waals surface area contributed by atoms with Crippen LogP contribution in [0.25, 0.3) is 0 Å². The van der Waals surface area contributed by atoms with E-state index in [-0.39, 0.29) is 5.91 Å². The molecule has 0 aliphatic carbocycles. The number of H-pyrrole nitrogens is 1. The summed E-state index contributed by atoms with van der Waals surface area (Å²) < 4.78 is 0. The number of hydrogen-bond donors (Lipinski definition) is 2. The van der Waals surface area contributed by atoms with Gasteiger partial charge in [0, 0.05) is 18.7 Å².